The maximum atomic E-state index is 10.4. The van der Waals surface area contributed by atoms with Crippen molar-refractivity contribution in [3.05, 3.63) is 162 Å². The van der Waals surface area contributed by atoms with Crippen LogP contribution >= 0.6 is 45.2 Å². The highest BCUT2D eigenvalue weighted by atomic mass is 127. The van der Waals surface area contributed by atoms with Gasteiger partial charge in [-0.25, -0.2) is 0 Å². The minimum absolute atomic E-state index is 0.257. The Balaban J connectivity index is 1.64. The third kappa shape index (κ3) is 4.84. The third-order valence-corrected chi connectivity index (χ3v) is 7.78. The van der Waals surface area contributed by atoms with Crippen LogP contribution in [0.2, 0.25) is 0 Å². The summed E-state index contributed by atoms with van der Waals surface area (Å²) in [6.07, 6.45) is 1.73. The Bertz CT molecular complexity index is 1390. The van der Waals surface area contributed by atoms with Crippen LogP contribution in [0.15, 0.2) is 132 Å². The highest BCUT2D eigenvalue weighted by molar-refractivity contribution is 14.1. The SMILES string of the molecule is Oc1c(I)cc(I)cc1C=Nc1ccc(C(c2ccccc2)(c2ccccc2)c2ccccc2)cc1. The predicted octanol–water partition coefficient (Wildman–Crippen LogP) is 8.73. The lowest BCUT2D eigenvalue weighted by atomic mass is 9.65. The van der Waals surface area contributed by atoms with E-state index in [0.29, 0.717) is 5.56 Å². The molecule has 0 aromatic heterocycles. The monoisotopic (exact) mass is 691 g/mol. The van der Waals surface area contributed by atoms with Crippen LogP contribution in [0.3, 0.4) is 0 Å². The molecule has 176 valence electrons. The number of benzene rings is 5. The number of aromatic hydroxyl groups is 1. The molecule has 0 unspecified atom stereocenters. The van der Waals surface area contributed by atoms with Crippen molar-refractivity contribution in [3.8, 4) is 5.75 Å². The molecule has 2 nitrogen and oxygen atoms in total. The second-order valence-corrected chi connectivity index (χ2v) is 10.9. The number of nitrogens with zero attached hydrogens (tertiary/aromatic N) is 1. The molecule has 0 heterocycles. The summed E-state index contributed by atoms with van der Waals surface area (Å²) in [5.41, 5.74) is 5.84. The lowest BCUT2D eigenvalue weighted by Gasteiger charge is -2.36. The van der Waals surface area contributed by atoms with E-state index >= 15 is 0 Å². The number of hydrogen-bond donors (Lipinski definition) is 1. The molecular weight excluding hydrogens is 668 g/mol. The maximum Gasteiger partial charge on any atom is 0.137 e. The zero-order valence-electron chi connectivity index (χ0n) is 19.4. The van der Waals surface area contributed by atoms with Gasteiger partial charge in [-0.3, -0.25) is 4.99 Å². The zero-order valence-corrected chi connectivity index (χ0v) is 23.7. The third-order valence-electron chi connectivity index (χ3n) is 6.33. The normalized spacial score (nSPS) is 11.6. The topological polar surface area (TPSA) is 32.6 Å². The lowest BCUT2D eigenvalue weighted by molar-refractivity contribution is 0.470. The van der Waals surface area contributed by atoms with Gasteiger partial charge in [0.15, 0.2) is 0 Å². The van der Waals surface area contributed by atoms with Gasteiger partial charge in [0.25, 0.3) is 0 Å². The average molecular weight is 691 g/mol. The molecule has 0 atom stereocenters. The molecule has 5 aromatic rings. The Hall–Kier alpha value is -2.97. The first-order valence-corrected chi connectivity index (χ1v) is 13.7. The molecule has 0 saturated heterocycles. The van der Waals surface area contributed by atoms with Gasteiger partial charge in [-0.05, 0) is 91.7 Å². The second kappa shape index (κ2) is 11.0. The Kier molecular flexibility index (Phi) is 7.53. The van der Waals surface area contributed by atoms with Crippen LogP contribution in [0, 0.1) is 7.14 Å². The van der Waals surface area contributed by atoms with E-state index in [1.807, 2.05) is 24.3 Å². The molecule has 5 aromatic carbocycles. The van der Waals surface area contributed by atoms with Crippen LogP contribution in [0.25, 0.3) is 0 Å². The maximum absolute atomic E-state index is 10.4. The standard InChI is InChI=1S/C32H23I2NO/c33-28-20-23(31(36)30(34)21-28)22-35-29-18-16-27(17-19-29)32(24-10-4-1-5-11-24,25-12-6-2-7-13-25)26-14-8-3-9-15-26/h1-22,36H. The first-order valence-electron chi connectivity index (χ1n) is 11.6. The van der Waals surface area contributed by atoms with Crippen LogP contribution < -0.4 is 0 Å². The molecule has 0 amide bonds. The molecular formula is C32H23I2NO. The van der Waals surface area contributed by atoms with Crippen molar-refractivity contribution in [1.29, 1.82) is 0 Å². The molecule has 4 heteroatoms. The molecule has 5 rings (SSSR count). The summed E-state index contributed by atoms with van der Waals surface area (Å²) in [6.45, 7) is 0. The number of rotatable bonds is 6. The van der Waals surface area contributed by atoms with Crippen molar-refractivity contribution >= 4 is 57.1 Å². The fourth-order valence-corrected chi connectivity index (χ4v) is 6.58. The highest BCUT2D eigenvalue weighted by Crippen LogP contribution is 2.45. The molecule has 0 aliphatic carbocycles. The number of hydrogen-bond acceptors (Lipinski definition) is 2. The fraction of sp³-hybridized carbons (Fsp3) is 0.0312. The molecule has 0 radical (unpaired) electrons. The van der Waals surface area contributed by atoms with E-state index in [1.54, 1.807) is 6.21 Å². The first kappa shape index (κ1) is 24.7. The summed E-state index contributed by atoms with van der Waals surface area (Å²) in [4.78, 5) is 4.67. The summed E-state index contributed by atoms with van der Waals surface area (Å²) in [5.74, 6) is 0.257. The van der Waals surface area contributed by atoms with Crippen LogP contribution in [0.5, 0.6) is 5.75 Å². The van der Waals surface area contributed by atoms with Crippen LogP contribution in [-0.4, -0.2) is 11.3 Å². The number of phenols is 1. The van der Waals surface area contributed by atoms with Gasteiger partial charge in [-0.2, -0.15) is 0 Å². The molecule has 0 bridgehead atoms. The molecule has 0 aliphatic heterocycles. The minimum atomic E-state index is -0.476. The largest absolute Gasteiger partial charge is 0.506 e. The summed E-state index contributed by atoms with van der Waals surface area (Å²) < 4.78 is 1.87. The van der Waals surface area contributed by atoms with Crippen molar-refractivity contribution in [2.75, 3.05) is 0 Å². The van der Waals surface area contributed by atoms with Crippen molar-refractivity contribution in [2.45, 2.75) is 5.41 Å². The van der Waals surface area contributed by atoms with Gasteiger partial charge >= 0.3 is 0 Å². The lowest BCUT2D eigenvalue weighted by Crippen LogP contribution is -2.30. The Labute approximate surface area is 239 Å². The molecule has 1 N–H and O–H groups in total. The predicted molar refractivity (Wildman–Crippen MR) is 166 cm³/mol. The smallest absolute Gasteiger partial charge is 0.137 e. The second-order valence-electron chi connectivity index (χ2n) is 8.48. The average Bonchev–Trinajstić information content (AvgIpc) is 2.93. The molecule has 0 fully saturated rings. The van der Waals surface area contributed by atoms with Gasteiger partial charge in [0.05, 0.1) is 14.7 Å². The zero-order chi connectivity index (χ0) is 25.0. The summed E-state index contributed by atoms with van der Waals surface area (Å²) in [5, 5.41) is 10.4. The summed E-state index contributed by atoms with van der Waals surface area (Å²) in [6, 6.07) is 44.3. The van der Waals surface area contributed by atoms with E-state index in [9.17, 15) is 5.11 Å². The fourth-order valence-electron chi connectivity index (χ4n) is 4.69. The van der Waals surface area contributed by atoms with Gasteiger partial charge in [-0.15, -0.1) is 0 Å². The molecule has 0 spiro atoms. The molecule has 36 heavy (non-hydrogen) atoms. The van der Waals surface area contributed by atoms with Crippen molar-refractivity contribution < 1.29 is 5.11 Å². The van der Waals surface area contributed by atoms with Crippen molar-refractivity contribution in [1.82, 2.24) is 0 Å². The quantitative estimate of drug-likeness (QED) is 0.108. The Morgan fingerprint density at radius 1 is 0.583 bits per heavy atom. The Morgan fingerprint density at radius 3 is 1.50 bits per heavy atom. The van der Waals surface area contributed by atoms with Gasteiger partial charge in [-0.1, -0.05) is 103 Å². The number of phenolic OH excluding ortho intramolecular Hbond substituents is 1. The molecule has 0 aliphatic rings. The van der Waals surface area contributed by atoms with Crippen LogP contribution in [-0.2, 0) is 5.41 Å². The van der Waals surface area contributed by atoms with Gasteiger partial charge in [0, 0.05) is 15.3 Å². The summed E-state index contributed by atoms with van der Waals surface area (Å²) in [7, 11) is 0. The van der Waals surface area contributed by atoms with E-state index in [4.69, 9.17) is 0 Å². The minimum Gasteiger partial charge on any atom is -0.506 e. The van der Waals surface area contributed by atoms with Crippen molar-refractivity contribution in [3.63, 3.8) is 0 Å². The van der Waals surface area contributed by atoms with E-state index in [0.717, 1.165) is 18.4 Å². The van der Waals surface area contributed by atoms with Crippen molar-refractivity contribution in [2.24, 2.45) is 4.99 Å². The van der Waals surface area contributed by atoms with Crippen LogP contribution in [0.4, 0.5) is 5.69 Å². The Morgan fingerprint density at radius 2 is 1.03 bits per heavy atom. The van der Waals surface area contributed by atoms with E-state index in [-0.39, 0.29) is 5.75 Å². The van der Waals surface area contributed by atoms with Gasteiger partial charge in [0.1, 0.15) is 5.75 Å². The van der Waals surface area contributed by atoms with E-state index in [1.165, 1.54) is 16.7 Å². The number of halogens is 2. The molecule has 0 saturated carbocycles. The number of aliphatic imine (C=N–C) groups is 1. The summed E-state index contributed by atoms with van der Waals surface area (Å²) >= 11 is 4.40. The first-order chi connectivity index (χ1) is 17.6. The van der Waals surface area contributed by atoms with E-state index < -0.39 is 5.41 Å². The van der Waals surface area contributed by atoms with Gasteiger partial charge in [0.2, 0.25) is 0 Å². The highest BCUT2D eigenvalue weighted by Gasteiger charge is 2.38. The van der Waals surface area contributed by atoms with E-state index in [2.05, 4.69) is 153 Å². The van der Waals surface area contributed by atoms with Gasteiger partial charge < -0.3 is 5.11 Å². The van der Waals surface area contributed by atoms with Crippen LogP contribution in [0.1, 0.15) is 27.8 Å².